The van der Waals surface area contributed by atoms with Gasteiger partial charge in [-0.1, -0.05) is 34.8 Å². The zero-order valence-electron chi connectivity index (χ0n) is 3.13. The van der Waals surface area contributed by atoms with E-state index in [-0.39, 0.29) is 10.6 Å². The zero-order chi connectivity index (χ0) is 5.21. The average Bonchev–Trinajstić information content (AvgIpc) is 1.35. The highest BCUT2D eigenvalue weighted by atomic mass is 35.6. The molecule has 0 heterocycles. The minimum Gasteiger partial charge on any atom is -0.269 e. The van der Waals surface area contributed by atoms with Crippen molar-refractivity contribution in [2.45, 2.75) is 3.79 Å². The van der Waals surface area contributed by atoms with Crippen LogP contribution in [0.2, 0.25) is 0 Å². The quantitative estimate of drug-likeness (QED) is 0.512. The molecule has 0 aromatic rings. The van der Waals surface area contributed by atoms with Crippen molar-refractivity contribution in [1.29, 1.82) is 0 Å². The Morgan fingerprint density at radius 3 is 1.29 bits per heavy atom. The molecule has 0 aliphatic carbocycles. The van der Waals surface area contributed by atoms with Crippen LogP contribution >= 0.6 is 46.4 Å². The number of halogens is 5. The molecule has 0 amide bonds. The minimum absolute atomic E-state index is 0. The standard InChI is InChI=1S/C2H2Cl4.FH/c3-1-2(4,5)6;/h1H2;1H. The molecule has 0 bridgehead atoms. The molecule has 0 spiro atoms. The summed E-state index contributed by atoms with van der Waals surface area (Å²) < 4.78 is -1.28. The van der Waals surface area contributed by atoms with E-state index in [9.17, 15) is 0 Å². The van der Waals surface area contributed by atoms with E-state index in [0.29, 0.717) is 0 Å². The Labute approximate surface area is 61.0 Å². The molecular weight excluding hydrogens is 185 g/mol. The molecule has 0 N–H and O–H groups in total. The first-order valence-corrected chi connectivity index (χ1v) is 2.86. The lowest BCUT2D eigenvalue weighted by atomic mass is 10.9. The molecule has 5 heteroatoms. The third kappa shape index (κ3) is 11.0. The van der Waals surface area contributed by atoms with Gasteiger partial charge in [0.25, 0.3) is 0 Å². The molecule has 0 nitrogen and oxygen atoms in total. The van der Waals surface area contributed by atoms with Gasteiger partial charge >= 0.3 is 0 Å². The average molecular weight is 188 g/mol. The summed E-state index contributed by atoms with van der Waals surface area (Å²) in [5.41, 5.74) is 0. The van der Waals surface area contributed by atoms with Crippen molar-refractivity contribution in [1.82, 2.24) is 0 Å². The minimum atomic E-state index is -1.28. The van der Waals surface area contributed by atoms with Crippen LogP contribution in [0.15, 0.2) is 0 Å². The van der Waals surface area contributed by atoms with Gasteiger partial charge in [0, 0.05) is 0 Å². The molecular formula is C2H3Cl4F. The molecule has 0 saturated heterocycles. The van der Waals surface area contributed by atoms with E-state index in [1.807, 2.05) is 0 Å². The van der Waals surface area contributed by atoms with Crippen molar-refractivity contribution in [3.8, 4) is 0 Å². The summed E-state index contributed by atoms with van der Waals surface area (Å²) in [4.78, 5) is 0. The Hall–Kier alpha value is 1.09. The van der Waals surface area contributed by atoms with Gasteiger partial charge in [0.1, 0.15) is 0 Å². The van der Waals surface area contributed by atoms with E-state index >= 15 is 0 Å². The molecule has 0 rings (SSSR count). The van der Waals surface area contributed by atoms with E-state index in [2.05, 4.69) is 0 Å². The lowest BCUT2D eigenvalue weighted by molar-refractivity contribution is 1.11. The van der Waals surface area contributed by atoms with Crippen molar-refractivity contribution >= 4 is 46.4 Å². The fourth-order valence-corrected chi connectivity index (χ4v) is 0. The molecule has 0 aliphatic rings. The molecule has 0 fully saturated rings. The number of rotatable bonds is 0. The topological polar surface area (TPSA) is 0 Å². The van der Waals surface area contributed by atoms with E-state index in [4.69, 9.17) is 46.4 Å². The largest absolute Gasteiger partial charge is 0.269 e. The van der Waals surface area contributed by atoms with Crippen LogP contribution in [0.3, 0.4) is 0 Å². The van der Waals surface area contributed by atoms with E-state index in [1.54, 1.807) is 0 Å². The van der Waals surface area contributed by atoms with Gasteiger partial charge in [0.2, 0.25) is 3.79 Å². The SMILES string of the molecule is ClCC(Cl)(Cl)Cl.F. The molecule has 0 aromatic carbocycles. The summed E-state index contributed by atoms with van der Waals surface area (Å²) in [7, 11) is 0. The van der Waals surface area contributed by atoms with Crippen LogP contribution in [0.25, 0.3) is 0 Å². The Kier molecular flexibility index (Phi) is 6.29. The molecule has 46 valence electrons. The van der Waals surface area contributed by atoms with Crippen LogP contribution in [0.5, 0.6) is 0 Å². The highest BCUT2D eigenvalue weighted by Crippen LogP contribution is 2.26. The first-order chi connectivity index (χ1) is 2.56. The first-order valence-electron chi connectivity index (χ1n) is 1.19. The molecule has 0 radical (unpaired) electrons. The lowest BCUT2D eigenvalue weighted by Crippen LogP contribution is -2.01. The predicted octanol–water partition coefficient (Wildman–Crippen LogP) is 2.75. The predicted molar refractivity (Wildman–Crippen MR) is 33.5 cm³/mol. The van der Waals surface area contributed by atoms with Crippen molar-refractivity contribution in [2.75, 3.05) is 5.88 Å². The van der Waals surface area contributed by atoms with Gasteiger partial charge in [0.05, 0.1) is 5.88 Å². The fraction of sp³-hybridized carbons (Fsp3) is 1.00. The Balaban J connectivity index is 0. The number of hydrogen-bond donors (Lipinski definition) is 0. The van der Waals surface area contributed by atoms with Crippen LogP contribution in [-0.2, 0) is 0 Å². The smallest absolute Gasteiger partial charge is 0.203 e. The highest BCUT2D eigenvalue weighted by molar-refractivity contribution is 6.69. The Bertz CT molecular complexity index is 39.4. The monoisotopic (exact) mass is 186 g/mol. The van der Waals surface area contributed by atoms with Crippen molar-refractivity contribution in [2.24, 2.45) is 0 Å². The van der Waals surface area contributed by atoms with Crippen LogP contribution in [0, 0.1) is 0 Å². The third-order valence-corrected chi connectivity index (χ3v) is 1.36. The molecule has 0 unspecified atom stereocenters. The van der Waals surface area contributed by atoms with Crippen LogP contribution < -0.4 is 0 Å². The second-order valence-electron chi connectivity index (χ2n) is 0.749. The highest BCUT2D eigenvalue weighted by Gasteiger charge is 2.16. The van der Waals surface area contributed by atoms with Gasteiger partial charge in [0.15, 0.2) is 0 Å². The van der Waals surface area contributed by atoms with Crippen LogP contribution in [0.4, 0.5) is 4.70 Å². The molecule has 0 atom stereocenters. The first kappa shape index (κ1) is 11.0. The number of hydrogen-bond acceptors (Lipinski definition) is 0. The van der Waals surface area contributed by atoms with Gasteiger partial charge in [-0.3, -0.25) is 4.70 Å². The second-order valence-corrected chi connectivity index (χ2v) is 3.53. The van der Waals surface area contributed by atoms with E-state index in [1.165, 1.54) is 0 Å². The van der Waals surface area contributed by atoms with Gasteiger partial charge < -0.3 is 0 Å². The summed E-state index contributed by atoms with van der Waals surface area (Å²) in [6.45, 7) is 0. The summed E-state index contributed by atoms with van der Waals surface area (Å²) in [6, 6.07) is 0. The van der Waals surface area contributed by atoms with Gasteiger partial charge in [-0.2, -0.15) is 0 Å². The molecule has 7 heavy (non-hydrogen) atoms. The lowest BCUT2D eigenvalue weighted by Gasteiger charge is -2.00. The van der Waals surface area contributed by atoms with Crippen LogP contribution in [0.1, 0.15) is 0 Å². The fourth-order valence-electron chi connectivity index (χ4n) is 0. The normalized spacial score (nSPS) is 10.3. The molecule has 0 saturated carbocycles. The Morgan fingerprint density at radius 2 is 1.29 bits per heavy atom. The molecule has 0 aliphatic heterocycles. The maximum absolute atomic E-state index is 5.12. The molecule has 0 aromatic heterocycles. The van der Waals surface area contributed by atoms with Gasteiger partial charge in [-0.15, -0.1) is 11.6 Å². The summed E-state index contributed by atoms with van der Waals surface area (Å²) in [6.07, 6.45) is 0. The zero-order valence-corrected chi connectivity index (χ0v) is 6.15. The summed E-state index contributed by atoms with van der Waals surface area (Å²) in [5, 5.41) is 0. The maximum Gasteiger partial charge on any atom is 0.203 e. The van der Waals surface area contributed by atoms with Gasteiger partial charge in [-0.25, -0.2) is 0 Å². The Morgan fingerprint density at radius 1 is 1.14 bits per heavy atom. The maximum atomic E-state index is 5.12. The van der Waals surface area contributed by atoms with Crippen LogP contribution in [-0.4, -0.2) is 9.67 Å². The van der Waals surface area contributed by atoms with E-state index in [0.717, 1.165) is 0 Å². The summed E-state index contributed by atoms with van der Waals surface area (Å²) >= 11 is 20.4. The second kappa shape index (κ2) is 4.02. The summed E-state index contributed by atoms with van der Waals surface area (Å²) in [5.74, 6) is 0.0394. The van der Waals surface area contributed by atoms with Crippen molar-refractivity contribution in [3.63, 3.8) is 0 Å². The third-order valence-electron chi connectivity index (χ3n) is 0.152. The van der Waals surface area contributed by atoms with Gasteiger partial charge in [-0.05, 0) is 0 Å². The van der Waals surface area contributed by atoms with Crippen molar-refractivity contribution < 1.29 is 4.70 Å². The van der Waals surface area contributed by atoms with Crippen molar-refractivity contribution in [3.05, 3.63) is 0 Å². The number of alkyl halides is 4. The van der Waals surface area contributed by atoms with E-state index < -0.39 is 3.79 Å².